The van der Waals surface area contributed by atoms with Gasteiger partial charge in [0.25, 0.3) is 0 Å². The van der Waals surface area contributed by atoms with Gasteiger partial charge in [0.2, 0.25) is 0 Å². The number of hydrogen-bond donors (Lipinski definition) is 0. The summed E-state index contributed by atoms with van der Waals surface area (Å²) in [6.07, 6.45) is -0.666. The molecule has 0 aliphatic heterocycles. The fourth-order valence-corrected chi connectivity index (χ4v) is 4.52. The molecule has 1 aliphatic carbocycles. The first-order valence-corrected chi connectivity index (χ1v) is 11.8. The number of carbonyl (C=O) groups excluding carboxylic acids is 1. The number of methoxy groups -OCH3 is 1. The summed E-state index contributed by atoms with van der Waals surface area (Å²) in [6.45, 7) is 4.88. The summed E-state index contributed by atoms with van der Waals surface area (Å²) in [6, 6.07) is 9.84. The van der Waals surface area contributed by atoms with Crippen LogP contribution in [0.2, 0.25) is 0 Å². The minimum atomic E-state index is -1.19. The molecule has 0 spiro atoms. The standard InChI is InChI=1S/C27H26F3N5O3/c1-26(2,3)38-25(36)35(15-27(12-17(28)13-27)24-19(30)6-5-11-32-24)21-10-9-20(33-34-21)22-18(29)8-7-16(14-31)23(22)37-4/h5-11,17H,12-13,15H2,1-4H3/t17-,27+. The van der Waals surface area contributed by atoms with Gasteiger partial charge in [-0.3, -0.25) is 9.88 Å². The summed E-state index contributed by atoms with van der Waals surface area (Å²) in [4.78, 5) is 18.6. The van der Waals surface area contributed by atoms with Crippen LogP contribution in [0, 0.1) is 23.0 Å². The molecule has 3 aromatic rings. The van der Waals surface area contributed by atoms with E-state index in [1.165, 1.54) is 43.6 Å². The summed E-state index contributed by atoms with van der Waals surface area (Å²) in [5, 5.41) is 17.5. The van der Waals surface area contributed by atoms with E-state index >= 15 is 0 Å². The van der Waals surface area contributed by atoms with Crippen molar-refractivity contribution in [1.82, 2.24) is 15.2 Å². The molecule has 0 saturated heterocycles. The van der Waals surface area contributed by atoms with Crippen LogP contribution in [0.5, 0.6) is 5.75 Å². The van der Waals surface area contributed by atoms with Crippen molar-refractivity contribution in [1.29, 1.82) is 5.26 Å². The van der Waals surface area contributed by atoms with E-state index in [0.29, 0.717) is 0 Å². The molecule has 0 unspecified atom stereocenters. The molecule has 1 amide bonds. The van der Waals surface area contributed by atoms with E-state index in [0.717, 1.165) is 11.0 Å². The van der Waals surface area contributed by atoms with Gasteiger partial charge < -0.3 is 9.47 Å². The fourth-order valence-electron chi connectivity index (χ4n) is 4.52. The highest BCUT2D eigenvalue weighted by molar-refractivity contribution is 5.87. The zero-order valence-corrected chi connectivity index (χ0v) is 21.3. The second-order valence-electron chi connectivity index (χ2n) is 10.1. The molecule has 0 bridgehead atoms. The third-order valence-corrected chi connectivity index (χ3v) is 6.17. The van der Waals surface area contributed by atoms with Crippen LogP contribution in [-0.4, -0.2) is 46.7 Å². The summed E-state index contributed by atoms with van der Waals surface area (Å²) < 4.78 is 54.5. The van der Waals surface area contributed by atoms with Gasteiger partial charge in [-0.25, -0.2) is 18.0 Å². The Hall–Kier alpha value is -4.20. The van der Waals surface area contributed by atoms with Crippen LogP contribution in [0.3, 0.4) is 0 Å². The fraction of sp³-hybridized carbons (Fsp3) is 0.370. The maximum Gasteiger partial charge on any atom is 0.416 e. The van der Waals surface area contributed by atoms with Crippen LogP contribution >= 0.6 is 0 Å². The minimum absolute atomic E-state index is 0.00779. The van der Waals surface area contributed by atoms with E-state index in [9.17, 15) is 23.2 Å². The zero-order chi connectivity index (χ0) is 27.7. The van der Waals surface area contributed by atoms with E-state index < -0.39 is 34.9 Å². The molecule has 1 aliphatic rings. The van der Waals surface area contributed by atoms with Crippen molar-refractivity contribution in [3.63, 3.8) is 0 Å². The lowest BCUT2D eigenvalue weighted by Gasteiger charge is -2.46. The second kappa shape index (κ2) is 10.3. The Morgan fingerprint density at radius 3 is 2.45 bits per heavy atom. The van der Waals surface area contributed by atoms with Gasteiger partial charge in [0.15, 0.2) is 5.82 Å². The first-order valence-electron chi connectivity index (χ1n) is 11.8. The first kappa shape index (κ1) is 26.9. The molecule has 11 heteroatoms. The molecule has 1 saturated carbocycles. The number of nitrogens with zero attached hydrogens (tertiary/aromatic N) is 5. The van der Waals surface area contributed by atoms with Crippen molar-refractivity contribution in [3.8, 4) is 23.1 Å². The van der Waals surface area contributed by atoms with Crippen molar-refractivity contribution in [2.24, 2.45) is 0 Å². The van der Waals surface area contributed by atoms with E-state index in [1.54, 1.807) is 20.8 Å². The lowest BCUT2D eigenvalue weighted by Crippen LogP contribution is -2.54. The number of amides is 1. The molecule has 1 aromatic carbocycles. The molecule has 1 fully saturated rings. The average molecular weight is 526 g/mol. The molecule has 198 valence electrons. The Morgan fingerprint density at radius 2 is 1.89 bits per heavy atom. The molecule has 0 radical (unpaired) electrons. The van der Waals surface area contributed by atoms with E-state index in [2.05, 4.69) is 15.2 Å². The average Bonchev–Trinajstić information content (AvgIpc) is 2.85. The number of benzene rings is 1. The van der Waals surface area contributed by atoms with Crippen molar-refractivity contribution < 1.29 is 27.4 Å². The first-order chi connectivity index (χ1) is 18.0. The molecule has 2 heterocycles. The van der Waals surface area contributed by atoms with E-state index in [1.807, 2.05) is 6.07 Å². The number of halogens is 3. The van der Waals surface area contributed by atoms with Gasteiger partial charge in [0.1, 0.15) is 35.2 Å². The predicted octanol–water partition coefficient (Wildman–Crippen LogP) is 5.51. The van der Waals surface area contributed by atoms with Gasteiger partial charge in [-0.2, -0.15) is 5.26 Å². The Bertz CT molecular complexity index is 1380. The monoisotopic (exact) mass is 525 g/mol. The van der Waals surface area contributed by atoms with Crippen LogP contribution in [0.4, 0.5) is 23.8 Å². The lowest BCUT2D eigenvalue weighted by molar-refractivity contribution is 0.0507. The molecule has 4 rings (SSSR count). The minimum Gasteiger partial charge on any atom is -0.495 e. The molecular formula is C27H26F3N5O3. The predicted molar refractivity (Wildman–Crippen MR) is 132 cm³/mol. The van der Waals surface area contributed by atoms with Crippen LogP contribution in [0.1, 0.15) is 44.9 Å². The van der Waals surface area contributed by atoms with Gasteiger partial charge in [0.05, 0.1) is 29.6 Å². The topological polar surface area (TPSA) is 101 Å². The second-order valence-corrected chi connectivity index (χ2v) is 10.1. The Balaban J connectivity index is 1.75. The van der Waals surface area contributed by atoms with E-state index in [-0.39, 0.29) is 53.5 Å². The van der Waals surface area contributed by atoms with Gasteiger partial charge in [-0.05, 0) is 70.0 Å². The Kier molecular flexibility index (Phi) is 7.26. The van der Waals surface area contributed by atoms with Crippen LogP contribution < -0.4 is 9.64 Å². The van der Waals surface area contributed by atoms with Crippen molar-refractivity contribution in [3.05, 3.63) is 65.5 Å². The zero-order valence-electron chi connectivity index (χ0n) is 21.3. The Morgan fingerprint density at radius 1 is 1.16 bits per heavy atom. The van der Waals surface area contributed by atoms with Crippen LogP contribution in [-0.2, 0) is 10.2 Å². The quantitative estimate of drug-likeness (QED) is 0.418. The highest BCUT2D eigenvalue weighted by Gasteiger charge is 2.51. The highest BCUT2D eigenvalue weighted by atomic mass is 19.1. The molecular weight excluding hydrogens is 499 g/mol. The van der Waals surface area contributed by atoms with Gasteiger partial charge >= 0.3 is 6.09 Å². The van der Waals surface area contributed by atoms with Gasteiger partial charge in [-0.15, -0.1) is 10.2 Å². The molecule has 0 N–H and O–H groups in total. The summed E-state index contributed by atoms with van der Waals surface area (Å²) in [5.74, 6) is -1.27. The molecule has 8 nitrogen and oxygen atoms in total. The number of alkyl halides is 1. The smallest absolute Gasteiger partial charge is 0.416 e. The van der Waals surface area contributed by atoms with Crippen molar-refractivity contribution >= 4 is 11.9 Å². The lowest BCUT2D eigenvalue weighted by atomic mass is 9.64. The third kappa shape index (κ3) is 5.25. The van der Waals surface area contributed by atoms with Crippen molar-refractivity contribution in [2.75, 3.05) is 18.6 Å². The number of aromatic nitrogens is 3. The van der Waals surface area contributed by atoms with Crippen LogP contribution in [0.15, 0.2) is 42.6 Å². The number of carbonyl (C=O) groups is 1. The van der Waals surface area contributed by atoms with E-state index in [4.69, 9.17) is 9.47 Å². The number of ether oxygens (including phenoxy) is 2. The summed E-state index contributed by atoms with van der Waals surface area (Å²) in [7, 11) is 1.30. The summed E-state index contributed by atoms with van der Waals surface area (Å²) >= 11 is 0. The normalized spacial score (nSPS) is 18.7. The number of pyridine rings is 1. The molecule has 2 aromatic heterocycles. The molecule has 38 heavy (non-hydrogen) atoms. The largest absolute Gasteiger partial charge is 0.495 e. The highest BCUT2D eigenvalue weighted by Crippen LogP contribution is 2.47. The number of rotatable bonds is 6. The van der Waals surface area contributed by atoms with Gasteiger partial charge in [-0.1, -0.05) is 0 Å². The maximum atomic E-state index is 14.8. The third-order valence-electron chi connectivity index (χ3n) is 6.17. The maximum absolute atomic E-state index is 14.8. The van der Waals surface area contributed by atoms with Gasteiger partial charge in [0, 0.05) is 18.2 Å². The number of hydrogen-bond acceptors (Lipinski definition) is 7. The number of nitriles is 1. The number of anilines is 1. The molecule has 0 atom stereocenters. The SMILES string of the molecule is COc1c(C#N)ccc(F)c1-c1ccc(N(C[C@]2(c3ncccc3F)C[C@@H](F)C2)C(=O)OC(C)(C)C)nn1. The van der Waals surface area contributed by atoms with Crippen molar-refractivity contribution in [2.45, 2.75) is 50.8 Å². The Labute approximate surface area is 218 Å². The summed E-state index contributed by atoms with van der Waals surface area (Å²) in [5.41, 5.74) is -1.84. The van der Waals surface area contributed by atoms with Crippen LogP contribution in [0.25, 0.3) is 11.3 Å².